The number of nitrogens with zero attached hydrogens (tertiary/aromatic N) is 2. The zero-order chi connectivity index (χ0) is 26.4. The summed E-state index contributed by atoms with van der Waals surface area (Å²) in [6.45, 7) is 7.64. The van der Waals surface area contributed by atoms with E-state index in [0.717, 1.165) is 0 Å². The first-order valence-corrected chi connectivity index (χ1v) is 12.2. The van der Waals surface area contributed by atoms with Crippen molar-refractivity contribution in [2.75, 3.05) is 0 Å². The van der Waals surface area contributed by atoms with Gasteiger partial charge in [0, 0.05) is 28.7 Å². The van der Waals surface area contributed by atoms with Crippen LogP contribution < -0.4 is 0 Å². The van der Waals surface area contributed by atoms with Gasteiger partial charge in [-0.3, -0.25) is 14.4 Å². The van der Waals surface area contributed by atoms with Gasteiger partial charge in [0.1, 0.15) is 5.69 Å². The largest absolute Gasteiger partial charge is 0.468 e. The Morgan fingerprint density at radius 3 is 1.95 bits per heavy atom. The van der Waals surface area contributed by atoms with Crippen LogP contribution in [0.25, 0.3) is 22.3 Å². The summed E-state index contributed by atoms with van der Waals surface area (Å²) < 4.78 is 6.55. The summed E-state index contributed by atoms with van der Waals surface area (Å²) >= 11 is 0. The molecule has 0 spiro atoms. The van der Waals surface area contributed by atoms with Crippen molar-refractivity contribution in [2.45, 2.75) is 18.4 Å². The first-order valence-electron chi connectivity index (χ1n) is 12.2. The van der Waals surface area contributed by atoms with Gasteiger partial charge in [-0.15, -0.1) is 13.2 Å². The fourth-order valence-electron chi connectivity index (χ4n) is 5.23. The Morgan fingerprint density at radius 1 is 0.711 bits per heavy atom. The number of carbonyl (C=O) groups excluding carboxylic acids is 3. The SMILES string of the molecule is C=CCC1=C(OC2(CC=C)C(=O)c3ccccc3-c3nc4ccccc4nc32)C(=O)c2ccccc2C1=O. The number of ketones is 3. The van der Waals surface area contributed by atoms with Crippen LogP contribution in [-0.4, -0.2) is 27.3 Å². The maximum Gasteiger partial charge on any atom is 0.228 e. The predicted octanol–water partition coefficient (Wildman–Crippen LogP) is 6.19. The molecule has 0 radical (unpaired) electrons. The maximum atomic E-state index is 14.3. The van der Waals surface area contributed by atoms with Gasteiger partial charge in [0.2, 0.25) is 17.2 Å². The van der Waals surface area contributed by atoms with E-state index in [9.17, 15) is 14.4 Å². The molecule has 4 aromatic rings. The summed E-state index contributed by atoms with van der Waals surface area (Å²) in [5, 5.41) is 0. The molecule has 2 aliphatic carbocycles. The third-order valence-corrected chi connectivity index (χ3v) is 6.97. The summed E-state index contributed by atoms with van der Waals surface area (Å²) in [7, 11) is 0. The van der Waals surface area contributed by atoms with Crippen LogP contribution >= 0.6 is 0 Å². The molecule has 184 valence electrons. The van der Waals surface area contributed by atoms with Gasteiger partial charge in [0.05, 0.1) is 22.3 Å². The van der Waals surface area contributed by atoms with Crippen LogP contribution in [0.5, 0.6) is 0 Å². The van der Waals surface area contributed by atoms with Crippen molar-refractivity contribution >= 4 is 28.4 Å². The first kappa shape index (κ1) is 23.4. The van der Waals surface area contributed by atoms with Crippen LogP contribution in [0.4, 0.5) is 0 Å². The van der Waals surface area contributed by atoms with Crippen molar-refractivity contribution in [2.24, 2.45) is 0 Å². The number of rotatable bonds is 6. The molecular formula is C32H22N2O4. The molecule has 1 heterocycles. The molecule has 0 N–H and O–H groups in total. The Bertz CT molecular complexity index is 1750. The molecule has 6 nitrogen and oxygen atoms in total. The lowest BCUT2D eigenvalue weighted by molar-refractivity contribution is 0.00387. The van der Waals surface area contributed by atoms with E-state index in [0.29, 0.717) is 33.4 Å². The highest BCUT2D eigenvalue weighted by atomic mass is 16.5. The third kappa shape index (κ3) is 3.30. The molecule has 0 saturated carbocycles. The number of Topliss-reactive ketones (excluding diaryl/α,β-unsaturated/α-hetero) is 3. The number of aromatic nitrogens is 2. The van der Waals surface area contributed by atoms with Crippen molar-refractivity contribution in [3.8, 4) is 11.3 Å². The quantitative estimate of drug-likeness (QED) is 0.295. The number of carbonyl (C=O) groups is 3. The molecule has 38 heavy (non-hydrogen) atoms. The summed E-state index contributed by atoms with van der Waals surface area (Å²) in [5.41, 5.74) is 1.94. The molecule has 0 bridgehead atoms. The number of para-hydroxylation sites is 2. The second-order valence-electron chi connectivity index (χ2n) is 9.21. The average molecular weight is 499 g/mol. The molecule has 6 heteroatoms. The van der Waals surface area contributed by atoms with E-state index in [1.54, 1.807) is 48.5 Å². The standard InChI is InChI=1S/C32H22N2O4/c1-3-11-23-27(35)20-13-6-7-14-21(20)28(36)29(23)38-32(18-4-2)30-26(19-12-5-8-15-22(19)31(32)37)33-24-16-9-10-17-25(24)34-30/h3-10,12-17H,1-2,11,18H2. The number of ether oxygens (including phenoxy) is 1. The third-order valence-electron chi connectivity index (χ3n) is 6.97. The van der Waals surface area contributed by atoms with E-state index in [4.69, 9.17) is 14.7 Å². The van der Waals surface area contributed by atoms with Crippen LogP contribution in [-0.2, 0) is 10.3 Å². The van der Waals surface area contributed by atoms with Crippen molar-refractivity contribution in [3.63, 3.8) is 0 Å². The van der Waals surface area contributed by atoms with E-state index >= 15 is 0 Å². The lowest BCUT2D eigenvalue weighted by Gasteiger charge is -2.38. The van der Waals surface area contributed by atoms with E-state index in [2.05, 4.69) is 13.2 Å². The molecule has 1 unspecified atom stereocenters. The van der Waals surface area contributed by atoms with Crippen LogP contribution in [0.1, 0.15) is 49.6 Å². The van der Waals surface area contributed by atoms with Gasteiger partial charge in [-0.2, -0.15) is 0 Å². The first-order chi connectivity index (χ1) is 18.5. The monoisotopic (exact) mass is 498 g/mol. The molecule has 0 saturated heterocycles. The summed E-state index contributed by atoms with van der Waals surface area (Å²) in [5.74, 6) is -1.36. The van der Waals surface area contributed by atoms with Gasteiger partial charge in [-0.1, -0.05) is 72.8 Å². The van der Waals surface area contributed by atoms with Gasteiger partial charge in [-0.25, -0.2) is 9.97 Å². The maximum absolute atomic E-state index is 14.3. The van der Waals surface area contributed by atoms with Crippen LogP contribution in [0.3, 0.4) is 0 Å². The van der Waals surface area contributed by atoms with E-state index in [1.165, 1.54) is 6.08 Å². The minimum atomic E-state index is -1.76. The number of fused-ring (bicyclic) bond motifs is 5. The van der Waals surface area contributed by atoms with E-state index in [1.807, 2.05) is 30.3 Å². The lowest BCUT2D eigenvalue weighted by atomic mass is 9.76. The second kappa shape index (κ2) is 8.85. The summed E-state index contributed by atoms with van der Waals surface area (Å²) in [4.78, 5) is 51.4. The van der Waals surface area contributed by atoms with Crippen molar-refractivity contribution in [1.82, 2.24) is 9.97 Å². The Hall–Kier alpha value is -4.97. The number of benzene rings is 3. The van der Waals surface area contributed by atoms with Gasteiger partial charge in [-0.05, 0) is 18.6 Å². The van der Waals surface area contributed by atoms with Gasteiger partial charge < -0.3 is 4.74 Å². The molecule has 1 aromatic heterocycles. The van der Waals surface area contributed by atoms with E-state index < -0.39 is 11.4 Å². The van der Waals surface area contributed by atoms with Crippen molar-refractivity contribution < 1.29 is 19.1 Å². The van der Waals surface area contributed by atoms with Crippen LogP contribution in [0.15, 0.2) is 109 Å². The number of allylic oxidation sites excluding steroid dienone is 3. The van der Waals surface area contributed by atoms with Gasteiger partial charge in [0.15, 0.2) is 11.5 Å². The smallest absolute Gasteiger partial charge is 0.228 e. The lowest BCUT2D eigenvalue weighted by Crippen LogP contribution is -2.44. The van der Waals surface area contributed by atoms with Crippen LogP contribution in [0.2, 0.25) is 0 Å². The fraction of sp³-hybridized carbons (Fsp3) is 0.0938. The van der Waals surface area contributed by atoms with Crippen molar-refractivity contribution in [1.29, 1.82) is 0 Å². The van der Waals surface area contributed by atoms with Crippen molar-refractivity contribution in [3.05, 3.63) is 132 Å². The van der Waals surface area contributed by atoms with Gasteiger partial charge in [0.25, 0.3) is 0 Å². The highest BCUT2D eigenvalue weighted by molar-refractivity contribution is 6.26. The fourth-order valence-corrected chi connectivity index (χ4v) is 5.23. The summed E-state index contributed by atoms with van der Waals surface area (Å²) in [6.07, 6.45) is 3.20. The Morgan fingerprint density at radius 2 is 1.29 bits per heavy atom. The Labute approximate surface area is 219 Å². The molecule has 0 fully saturated rings. The zero-order valence-corrected chi connectivity index (χ0v) is 20.4. The molecular weight excluding hydrogens is 476 g/mol. The highest BCUT2D eigenvalue weighted by Gasteiger charge is 2.52. The van der Waals surface area contributed by atoms with E-state index in [-0.39, 0.29) is 47.0 Å². The number of hydrogen-bond acceptors (Lipinski definition) is 6. The number of hydrogen-bond donors (Lipinski definition) is 0. The van der Waals surface area contributed by atoms with Crippen LogP contribution in [0, 0.1) is 0 Å². The molecule has 3 aromatic carbocycles. The second-order valence-corrected chi connectivity index (χ2v) is 9.21. The zero-order valence-electron chi connectivity index (χ0n) is 20.4. The predicted molar refractivity (Wildman–Crippen MR) is 144 cm³/mol. The summed E-state index contributed by atoms with van der Waals surface area (Å²) in [6, 6.07) is 21.1. The van der Waals surface area contributed by atoms with Gasteiger partial charge >= 0.3 is 0 Å². The topological polar surface area (TPSA) is 86.2 Å². The molecule has 6 rings (SSSR count). The normalized spacial score (nSPS) is 18.1. The average Bonchev–Trinajstić information content (AvgIpc) is 2.95. The minimum absolute atomic E-state index is 0.00811. The molecule has 1 atom stereocenters. The minimum Gasteiger partial charge on any atom is -0.468 e. The molecule has 0 amide bonds. The Balaban J connectivity index is 1.65. The molecule has 0 aliphatic heterocycles. The highest BCUT2D eigenvalue weighted by Crippen LogP contribution is 2.47. The Kier molecular flexibility index (Phi) is 5.46. The molecule has 2 aliphatic rings.